The first-order valence-electron chi connectivity index (χ1n) is 18.9. The van der Waals surface area contributed by atoms with Crippen LogP contribution in [0.3, 0.4) is 0 Å². The molecule has 1 aliphatic heterocycles. The minimum atomic E-state index is 0.0532. The van der Waals surface area contributed by atoms with E-state index in [2.05, 4.69) is 187 Å². The SMILES string of the molecule is C1=CC2Oc3ccccc3C2C=C1c1ccc(N(c2ccc(-c3ccc4ccccc4c3)cc2)c2ccc(-c3ccc4oc5ccccc5c4c3)cc2)cc1. The molecule has 0 fully saturated rings. The van der Waals surface area contributed by atoms with Crippen molar-refractivity contribution in [3.05, 3.63) is 211 Å². The molecular formula is C52H35NO2. The fourth-order valence-electron chi connectivity index (χ4n) is 8.37. The zero-order valence-corrected chi connectivity index (χ0v) is 30.0. The van der Waals surface area contributed by atoms with E-state index < -0.39 is 0 Å². The van der Waals surface area contributed by atoms with Gasteiger partial charge in [-0.1, -0.05) is 127 Å². The first-order chi connectivity index (χ1) is 27.2. The van der Waals surface area contributed by atoms with Crippen molar-refractivity contribution in [3.63, 3.8) is 0 Å². The Hall–Kier alpha value is -7.10. The smallest absolute Gasteiger partial charge is 0.135 e. The van der Waals surface area contributed by atoms with E-state index in [1.807, 2.05) is 18.2 Å². The van der Waals surface area contributed by atoms with E-state index in [1.54, 1.807) is 0 Å². The molecule has 0 saturated carbocycles. The average Bonchev–Trinajstić information content (AvgIpc) is 3.82. The molecule has 2 aliphatic rings. The summed E-state index contributed by atoms with van der Waals surface area (Å²) in [6.45, 7) is 0. The van der Waals surface area contributed by atoms with E-state index in [1.165, 1.54) is 38.6 Å². The van der Waals surface area contributed by atoms with Crippen LogP contribution >= 0.6 is 0 Å². The van der Waals surface area contributed by atoms with Crippen molar-refractivity contribution in [1.82, 2.24) is 0 Å². The highest BCUT2D eigenvalue weighted by molar-refractivity contribution is 6.06. The van der Waals surface area contributed by atoms with Crippen molar-refractivity contribution in [2.24, 2.45) is 0 Å². The van der Waals surface area contributed by atoms with Gasteiger partial charge in [0.1, 0.15) is 23.0 Å². The predicted molar refractivity (Wildman–Crippen MR) is 227 cm³/mol. The Bertz CT molecular complexity index is 2950. The van der Waals surface area contributed by atoms with Gasteiger partial charge in [0.2, 0.25) is 0 Å². The van der Waals surface area contributed by atoms with Gasteiger partial charge in [0, 0.05) is 39.3 Å². The summed E-state index contributed by atoms with van der Waals surface area (Å²) in [5.74, 6) is 1.21. The maximum atomic E-state index is 6.23. The van der Waals surface area contributed by atoms with Crippen LogP contribution < -0.4 is 9.64 Å². The van der Waals surface area contributed by atoms with Gasteiger partial charge in [-0.15, -0.1) is 0 Å². The summed E-state index contributed by atoms with van der Waals surface area (Å²) < 4.78 is 12.3. The lowest BCUT2D eigenvalue weighted by molar-refractivity contribution is 0.269. The zero-order chi connectivity index (χ0) is 36.3. The molecule has 3 nitrogen and oxygen atoms in total. The van der Waals surface area contributed by atoms with E-state index in [0.717, 1.165) is 55.9 Å². The zero-order valence-electron chi connectivity index (χ0n) is 30.0. The van der Waals surface area contributed by atoms with Crippen molar-refractivity contribution < 1.29 is 9.15 Å². The second kappa shape index (κ2) is 12.8. The Balaban J connectivity index is 0.950. The summed E-state index contributed by atoms with van der Waals surface area (Å²) in [6, 6.07) is 65.1. The second-order valence-corrected chi connectivity index (χ2v) is 14.5. The van der Waals surface area contributed by atoms with Crippen LogP contribution in [0.4, 0.5) is 17.1 Å². The Morgan fingerprint density at radius 2 is 1.02 bits per heavy atom. The molecule has 2 unspecified atom stereocenters. The van der Waals surface area contributed by atoms with Crippen LogP contribution in [-0.2, 0) is 0 Å². The number of anilines is 3. The summed E-state index contributed by atoms with van der Waals surface area (Å²) in [4.78, 5) is 2.34. The molecule has 8 aromatic carbocycles. The first kappa shape index (κ1) is 31.4. The molecule has 0 bridgehead atoms. The Morgan fingerprint density at radius 3 is 1.78 bits per heavy atom. The van der Waals surface area contributed by atoms with Gasteiger partial charge in [0.25, 0.3) is 0 Å². The third-order valence-electron chi connectivity index (χ3n) is 11.2. The van der Waals surface area contributed by atoms with Crippen LogP contribution in [-0.4, -0.2) is 6.10 Å². The van der Waals surface area contributed by atoms with E-state index in [9.17, 15) is 0 Å². The number of benzene rings is 8. The van der Waals surface area contributed by atoms with Crippen molar-refractivity contribution in [3.8, 4) is 28.0 Å². The number of hydrogen-bond acceptors (Lipinski definition) is 3. The van der Waals surface area contributed by atoms with Crippen LogP contribution in [0, 0.1) is 0 Å². The molecule has 1 aromatic heterocycles. The lowest BCUT2D eigenvalue weighted by atomic mass is 9.87. The lowest BCUT2D eigenvalue weighted by Gasteiger charge is -2.26. The molecule has 0 N–H and O–H groups in total. The van der Waals surface area contributed by atoms with Crippen LogP contribution in [0.1, 0.15) is 17.0 Å². The average molecular weight is 706 g/mol. The van der Waals surface area contributed by atoms with Crippen molar-refractivity contribution in [2.45, 2.75) is 12.0 Å². The number of rotatable bonds is 6. The highest BCUT2D eigenvalue weighted by atomic mass is 16.5. The van der Waals surface area contributed by atoms with Gasteiger partial charge in [0.15, 0.2) is 0 Å². The molecule has 260 valence electrons. The van der Waals surface area contributed by atoms with Crippen molar-refractivity contribution in [2.75, 3.05) is 4.90 Å². The van der Waals surface area contributed by atoms with Crippen LogP contribution in [0.25, 0.3) is 60.5 Å². The van der Waals surface area contributed by atoms with Gasteiger partial charge in [-0.25, -0.2) is 0 Å². The Kier molecular flexibility index (Phi) is 7.31. The van der Waals surface area contributed by atoms with E-state index in [-0.39, 0.29) is 12.0 Å². The molecule has 0 saturated heterocycles. The first-order valence-corrected chi connectivity index (χ1v) is 18.9. The van der Waals surface area contributed by atoms with Crippen LogP contribution in [0.5, 0.6) is 5.75 Å². The van der Waals surface area contributed by atoms with Crippen molar-refractivity contribution >= 4 is 55.3 Å². The highest BCUT2D eigenvalue weighted by Crippen LogP contribution is 2.44. The Morgan fingerprint density at radius 1 is 0.436 bits per heavy atom. The van der Waals surface area contributed by atoms with E-state index >= 15 is 0 Å². The molecule has 0 radical (unpaired) electrons. The molecule has 11 rings (SSSR count). The molecule has 1 aliphatic carbocycles. The van der Waals surface area contributed by atoms with Crippen LogP contribution in [0.2, 0.25) is 0 Å². The maximum Gasteiger partial charge on any atom is 0.135 e. The minimum absolute atomic E-state index is 0.0532. The highest BCUT2D eigenvalue weighted by Gasteiger charge is 2.33. The van der Waals surface area contributed by atoms with E-state index in [4.69, 9.17) is 9.15 Å². The molecular weight excluding hydrogens is 671 g/mol. The van der Waals surface area contributed by atoms with Gasteiger partial charge in [-0.2, -0.15) is 0 Å². The fourth-order valence-corrected chi connectivity index (χ4v) is 8.37. The number of ether oxygens (including phenoxy) is 1. The molecule has 2 atom stereocenters. The molecule has 9 aromatic rings. The number of furan rings is 1. The summed E-state index contributed by atoms with van der Waals surface area (Å²) in [5, 5.41) is 4.76. The van der Waals surface area contributed by atoms with Gasteiger partial charge in [-0.05, 0) is 117 Å². The van der Waals surface area contributed by atoms with Gasteiger partial charge in [-0.3, -0.25) is 0 Å². The summed E-state index contributed by atoms with van der Waals surface area (Å²) in [7, 11) is 0. The molecule has 0 spiro atoms. The third-order valence-corrected chi connectivity index (χ3v) is 11.2. The molecule has 2 heterocycles. The number of allylic oxidation sites excluding steroid dienone is 2. The lowest BCUT2D eigenvalue weighted by Crippen LogP contribution is -2.17. The monoisotopic (exact) mass is 705 g/mol. The summed E-state index contributed by atoms with van der Waals surface area (Å²) in [6.07, 6.45) is 6.81. The van der Waals surface area contributed by atoms with Gasteiger partial charge in [0.05, 0.1) is 0 Å². The van der Waals surface area contributed by atoms with Gasteiger partial charge < -0.3 is 14.1 Å². The fraction of sp³-hybridized carbons (Fsp3) is 0.0385. The van der Waals surface area contributed by atoms with E-state index in [0.29, 0.717) is 0 Å². The predicted octanol–water partition coefficient (Wildman–Crippen LogP) is 14.0. The molecule has 3 heteroatoms. The molecule has 0 amide bonds. The summed E-state index contributed by atoms with van der Waals surface area (Å²) >= 11 is 0. The largest absolute Gasteiger partial charge is 0.485 e. The number of fused-ring (bicyclic) bond motifs is 7. The topological polar surface area (TPSA) is 25.6 Å². The Labute approximate surface area is 319 Å². The quantitative estimate of drug-likeness (QED) is 0.172. The molecule has 55 heavy (non-hydrogen) atoms. The second-order valence-electron chi connectivity index (χ2n) is 14.5. The standard InChI is InChI=1S/C52H35NO2/c1-2-8-38-31-39(14-13-34(38)7-1)35-15-23-42(24-16-35)53(43-25-17-36(18-26-43)40-21-29-51-47(32-40)45-9-3-5-11-49(45)54-51)44-27-19-37(20-28-44)41-22-30-52-48(33-41)46-10-4-6-12-50(46)55-52/h1-33,47,51H. The van der Waals surface area contributed by atoms with Crippen LogP contribution in [0.15, 0.2) is 205 Å². The number of hydrogen-bond donors (Lipinski definition) is 0. The minimum Gasteiger partial charge on any atom is -0.485 e. The number of para-hydroxylation sites is 2. The normalized spacial score (nSPS) is 15.8. The summed E-state index contributed by atoms with van der Waals surface area (Å²) in [5.41, 5.74) is 13.5. The third kappa shape index (κ3) is 5.52. The van der Waals surface area contributed by atoms with Crippen molar-refractivity contribution in [1.29, 1.82) is 0 Å². The van der Waals surface area contributed by atoms with Gasteiger partial charge >= 0.3 is 0 Å². The number of nitrogens with zero attached hydrogens (tertiary/aromatic N) is 1. The maximum absolute atomic E-state index is 6.23.